The van der Waals surface area contributed by atoms with E-state index in [0.29, 0.717) is 16.8 Å². The summed E-state index contributed by atoms with van der Waals surface area (Å²) >= 11 is 3.89. The second kappa shape index (κ2) is 6.27. The Hall–Kier alpha value is -0.540. The summed E-state index contributed by atoms with van der Waals surface area (Å²) in [5, 5.41) is 0. The van der Waals surface area contributed by atoms with E-state index in [-0.39, 0.29) is 0 Å². The molecule has 1 aromatic carbocycles. The molecule has 1 aromatic rings. The molecule has 0 N–H and O–H groups in total. The van der Waals surface area contributed by atoms with Gasteiger partial charge in [0, 0.05) is 17.4 Å². The zero-order chi connectivity index (χ0) is 14.0. The molecule has 0 spiro atoms. The Kier molecular flexibility index (Phi) is 4.91. The lowest BCUT2D eigenvalue weighted by atomic mass is 9.90. The monoisotopic (exact) mass is 326 g/mol. The number of aryl methyl sites for hydroxylation is 2. The van der Waals surface area contributed by atoms with Crippen LogP contribution in [0.1, 0.15) is 41.3 Å². The van der Waals surface area contributed by atoms with Gasteiger partial charge in [-0.2, -0.15) is 0 Å². The van der Waals surface area contributed by atoms with Gasteiger partial charge in [0.25, 0.3) is 0 Å². The zero-order valence-corrected chi connectivity index (χ0v) is 13.8. The minimum Gasteiger partial charge on any atom is -0.496 e. The summed E-state index contributed by atoms with van der Waals surface area (Å²) in [7, 11) is 1.73. The first-order chi connectivity index (χ1) is 9.08. The summed E-state index contributed by atoms with van der Waals surface area (Å²) in [5.41, 5.74) is 3.74. The third-order valence-electron chi connectivity index (χ3n) is 4.04. The highest BCUT2D eigenvalue weighted by Crippen LogP contribution is 2.42. The molecule has 19 heavy (non-hydrogen) atoms. The van der Waals surface area contributed by atoms with E-state index in [4.69, 9.17) is 9.47 Å². The van der Waals surface area contributed by atoms with Crippen LogP contribution in [0.25, 0.3) is 0 Å². The highest BCUT2D eigenvalue weighted by molar-refractivity contribution is 9.09. The van der Waals surface area contributed by atoms with E-state index in [1.807, 2.05) is 0 Å². The number of ether oxygens (including phenoxy) is 2. The van der Waals surface area contributed by atoms with Crippen LogP contribution < -0.4 is 4.74 Å². The number of hydrogen-bond acceptors (Lipinski definition) is 2. The van der Waals surface area contributed by atoms with Crippen molar-refractivity contribution >= 4 is 15.9 Å². The predicted molar refractivity (Wildman–Crippen MR) is 82.3 cm³/mol. The van der Waals surface area contributed by atoms with Crippen LogP contribution in [0, 0.1) is 19.8 Å². The highest BCUT2D eigenvalue weighted by Gasteiger charge is 2.33. The van der Waals surface area contributed by atoms with Crippen LogP contribution in [-0.2, 0) is 4.74 Å². The number of alkyl halides is 1. The van der Waals surface area contributed by atoms with Crippen LogP contribution in [0.4, 0.5) is 0 Å². The maximum atomic E-state index is 5.81. The van der Waals surface area contributed by atoms with Gasteiger partial charge in [0.1, 0.15) is 5.75 Å². The number of rotatable bonds is 4. The summed E-state index contributed by atoms with van der Waals surface area (Å²) in [5.74, 6) is 1.57. The topological polar surface area (TPSA) is 18.5 Å². The third kappa shape index (κ3) is 2.97. The van der Waals surface area contributed by atoms with Crippen LogP contribution in [0.5, 0.6) is 5.75 Å². The number of halogens is 1. The Labute approximate surface area is 124 Å². The van der Waals surface area contributed by atoms with Gasteiger partial charge in [-0.05, 0) is 43.4 Å². The SMILES string of the molecule is CCC1OCCC1C(Br)c1cc(C)c(OC)c(C)c1. The molecule has 0 amide bonds. The molecule has 1 fully saturated rings. The van der Waals surface area contributed by atoms with E-state index in [0.717, 1.165) is 25.2 Å². The van der Waals surface area contributed by atoms with E-state index < -0.39 is 0 Å². The second-order valence-electron chi connectivity index (χ2n) is 5.36. The minimum atomic E-state index is 0.364. The molecule has 1 aliphatic rings. The first-order valence-electron chi connectivity index (χ1n) is 6.99. The molecule has 0 aromatic heterocycles. The summed E-state index contributed by atoms with van der Waals surface area (Å²) in [4.78, 5) is 0.364. The van der Waals surface area contributed by atoms with Crippen LogP contribution in [0.15, 0.2) is 12.1 Å². The number of hydrogen-bond donors (Lipinski definition) is 0. The van der Waals surface area contributed by atoms with Gasteiger partial charge in [-0.3, -0.25) is 0 Å². The Morgan fingerprint density at radius 2 is 2.00 bits per heavy atom. The fourth-order valence-electron chi connectivity index (χ4n) is 3.13. The van der Waals surface area contributed by atoms with Crippen molar-refractivity contribution in [3.8, 4) is 5.75 Å². The summed E-state index contributed by atoms with van der Waals surface area (Å²) < 4.78 is 11.2. The minimum absolute atomic E-state index is 0.364. The summed E-state index contributed by atoms with van der Waals surface area (Å²) in [6, 6.07) is 4.46. The molecule has 3 heteroatoms. The van der Waals surface area contributed by atoms with Crippen molar-refractivity contribution in [2.45, 2.75) is 44.5 Å². The standard InChI is InChI=1S/C16H23BrO2/c1-5-14-13(6-7-19-14)15(17)12-8-10(2)16(18-4)11(3)9-12/h8-9,13-15H,5-7H2,1-4H3. The Bertz CT molecular complexity index is 421. The van der Waals surface area contributed by atoms with Gasteiger partial charge in [0.2, 0.25) is 0 Å². The highest BCUT2D eigenvalue weighted by atomic mass is 79.9. The molecular formula is C16H23BrO2. The van der Waals surface area contributed by atoms with E-state index >= 15 is 0 Å². The second-order valence-corrected chi connectivity index (χ2v) is 6.35. The average Bonchev–Trinajstić information content (AvgIpc) is 2.85. The van der Waals surface area contributed by atoms with Gasteiger partial charge < -0.3 is 9.47 Å². The van der Waals surface area contributed by atoms with Crippen molar-refractivity contribution in [2.24, 2.45) is 5.92 Å². The van der Waals surface area contributed by atoms with Gasteiger partial charge >= 0.3 is 0 Å². The Morgan fingerprint density at radius 3 is 2.53 bits per heavy atom. The van der Waals surface area contributed by atoms with Crippen molar-refractivity contribution < 1.29 is 9.47 Å². The fourth-order valence-corrected chi connectivity index (χ4v) is 4.00. The predicted octanol–water partition coefficient (Wildman–Crippen LogP) is 4.56. The van der Waals surface area contributed by atoms with E-state index in [9.17, 15) is 0 Å². The summed E-state index contributed by atoms with van der Waals surface area (Å²) in [6.45, 7) is 7.31. The number of methoxy groups -OCH3 is 1. The van der Waals surface area contributed by atoms with Gasteiger partial charge in [0.05, 0.1) is 13.2 Å². The van der Waals surface area contributed by atoms with E-state index in [1.165, 1.54) is 16.7 Å². The first kappa shape index (κ1) is 14.9. The summed E-state index contributed by atoms with van der Waals surface area (Å²) in [6.07, 6.45) is 2.60. The molecule has 0 aliphatic carbocycles. The van der Waals surface area contributed by atoms with Crippen molar-refractivity contribution in [1.82, 2.24) is 0 Å². The van der Waals surface area contributed by atoms with Gasteiger partial charge in [-0.25, -0.2) is 0 Å². The molecule has 106 valence electrons. The molecule has 0 radical (unpaired) electrons. The Morgan fingerprint density at radius 1 is 1.37 bits per heavy atom. The molecule has 0 saturated carbocycles. The van der Waals surface area contributed by atoms with Crippen LogP contribution >= 0.6 is 15.9 Å². The normalized spacial score (nSPS) is 24.5. The quantitative estimate of drug-likeness (QED) is 0.755. The third-order valence-corrected chi connectivity index (χ3v) is 5.25. The van der Waals surface area contributed by atoms with Crippen molar-refractivity contribution in [2.75, 3.05) is 13.7 Å². The van der Waals surface area contributed by atoms with Gasteiger partial charge in [-0.1, -0.05) is 35.0 Å². The molecule has 3 unspecified atom stereocenters. The van der Waals surface area contributed by atoms with Crippen LogP contribution in [0.3, 0.4) is 0 Å². The molecule has 3 atom stereocenters. The van der Waals surface area contributed by atoms with Crippen molar-refractivity contribution in [3.63, 3.8) is 0 Å². The van der Waals surface area contributed by atoms with E-state index in [2.05, 4.69) is 48.8 Å². The first-order valence-corrected chi connectivity index (χ1v) is 7.90. The van der Waals surface area contributed by atoms with Gasteiger partial charge in [0.15, 0.2) is 0 Å². The fraction of sp³-hybridized carbons (Fsp3) is 0.625. The lowest BCUT2D eigenvalue weighted by Gasteiger charge is -2.24. The van der Waals surface area contributed by atoms with Crippen molar-refractivity contribution in [3.05, 3.63) is 28.8 Å². The molecule has 1 saturated heterocycles. The van der Waals surface area contributed by atoms with E-state index in [1.54, 1.807) is 7.11 Å². The average molecular weight is 327 g/mol. The van der Waals surface area contributed by atoms with Crippen molar-refractivity contribution in [1.29, 1.82) is 0 Å². The van der Waals surface area contributed by atoms with Crippen LogP contribution in [0.2, 0.25) is 0 Å². The molecule has 2 nitrogen and oxygen atoms in total. The Balaban J connectivity index is 2.26. The maximum Gasteiger partial charge on any atom is 0.124 e. The molecule has 2 rings (SSSR count). The van der Waals surface area contributed by atoms with Gasteiger partial charge in [-0.15, -0.1) is 0 Å². The molecular weight excluding hydrogens is 304 g/mol. The lowest BCUT2D eigenvalue weighted by molar-refractivity contribution is 0.0873. The smallest absolute Gasteiger partial charge is 0.124 e. The number of benzene rings is 1. The maximum absolute atomic E-state index is 5.81. The molecule has 1 heterocycles. The lowest BCUT2D eigenvalue weighted by Crippen LogP contribution is -2.19. The molecule has 1 aliphatic heterocycles. The van der Waals surface area contributed by atoms with Crippen LogP contribution in [-0.4, -0.2) is 19.8 Å². The molecule has 0 bridgehead atoms. The largest absolute Gasteiger partial charge is 0.496 e. The zero-order valence-electron chi connectivity index (χ0n) is 12.2.